The summed E-state index contributed by atoms with van der Waals surface area (Å²) in [6.07, 6.45) is 5.67. The van der Waals surface area contributed by atoms with Gasteiger partial charge in [-0.2, -0.15) is 0 Å². The van der Waals surface area contributed by atoms with Crippen LogP contribution in [0.5, 0.6) is 0 Å². The molecule has 0 aliphatic carbocycles. The number of Topliss-reactive ketones (excluding diaryl/α,β-unsaturated/α-hetero) is 1. The minimum Gasteiger partial charge on any atom is -0.303 e. The lowest BCUT2D eigenvalue weighted by Crippen LogP contribution is -2.30. The monoisotopic (exact) mass is 287 g/mol. The second kappa shape index (κ2) is 7.22. The summed E-state index contributed by atoms with van der Waals surface area (Å²) in [6.45, 7) is 10.1. The highest BCUT2D eigenvalue weighted by molar-refractivity contribution is 5.96. The minimum atomic E-state index is 0.101. The molecule has 2 rings (SSSR count). The maximum absolute atomic E-state index is 12.3. The summed E-state index contributed by atoms with van der Waals surface area (Å²) in [4.78, 5) is 14.8. The van der Waals surface area contributed by atoms with Gasteiger partial charge in [-0.25, -0.2) is 0 Å². The van der Waals surface area contributed by atoms with Crippen molar-refractivity contribution in [2.24, 2.45) is 0 Å². The van der Waals surface area contributed by atoms with E-state index in [1.807, 2.05) is 12.1 Å². The molecule has 1 aromatic rings. The van der Waals surface area contributed by atoms with Crippen molar-refractivity contribution < 1.29 is 4.79 Å². The second-order valence-electron chi connectivity index (χ2n) is 7.26. The first-order valence-electron chi connectivity index (χ1n) is 8.33. The van der Waals surface area contributed by atoms with Crippen LogP contribution in [0.4, 0.5) is 0 Å². The van der Waals surface area contributed by atoms with Gasteiger partial charge in [-0.15, -0.1) is 0 Å². The molecule has 21 heavy (non-hydrogen) atoms. The predicted molar refractivity (Wildman–Crippen MR) is 89.0 cm³/mol. The first-order chi connectivity index (χ1) is 9.97. The molecule has 1 aliphatic heterocycles. The third kappa shape index (κ3) is 4.96. The third-order valence-electron chi connectivity index (χ3n) is 4.38. The molecular formula is C19H29NO. The number of likely N-dealkylation sites (tertiary alicyclic amines) is 1. The van der Waals surface area contributed by atoms with Crippen LogP contribution in [0, 0.1) is 0 Å². The average Bonchev–Trinajstić information content (AvgIpc) is 2.47. The highest BCUT2D eigenvalue weighted by Crippen LogP contribution is 2.23. The lowest BCUT2D eigenvalue weighted by atomic mass is 9.85. The van der Waals surface area contributed by atoms with E-state index in [-0.39, 0.29) is 11.2 Å². The molecule has 0 N–H and O–H groups in total. The summed E-state index contributed by atoms with van der Waals surface area (Å²) in [5.74, 6) is 0.290. The van der Waals surface area contributed by atoms with E-state index in [1.54, 1.807) is 0 Å². The highest BCUT2D eigenvalue weighted by Gasteiger charge is 2.16. The maximum atomic E-state index is 12.3. The van der Waals surface area contributed by atoms with E-state index < -0.39 is 0 Å². The van der Waals surface area contributed by atoms with Crippen LogP contribution in [-0.2, 0) is 5.41 Å². The van der Waals surface area contributed by atoms with E-state index in [4.69, 9.17) is 0 Å². The number of nitrogens with zero attached hydrogens (tertiary/aromatic N) is 1. The molecule has 2 nitrogen and oxygen atoms in total. The topological polar surface area (TPSA) is 20.3 Å². The van der Waals surface area contributed by atoms with Crippen molar-refractivity contribution in [2.45, 2.75) is 58.3 Å². The molecule has 0 saturated carbocycles. The fourth-order valence-electron chi connectivity index (χ4n) is 2.95. The smallest absolute Gasteiger partial charge is 0.162 e. The van der Waals surface area contributed by atoms with Crippen molar-refractivity contribution in [3.63, 3.8) is 0 Å². The van der Waals surface area contributed by atoms with Gasteiger partial charge in [0.15, 0.2) is 5.78 Å². The number of hydrogen-bond acceptors (Lipinski definition) is 2. The van der Waals surface area contributed by atoms with E-state index >= 15 is 0 Å². The molecule has 0 bridgehead atoms. The Morgan fingerprint density at radius 2 is 1.86 bits per heavy atom. The van der Waals surface area contributed by atoms with Gasteiger partial charge in [0.2, 0.25) is 0 Å². The Labute approximate surface area is 129 Å². The number of carbonyl (C=O) groups excluding carboxylic acids is 1. The van der Waals surface area contributed by atoms with E-state index in [0.717, 1.165) is 18.5 Å². The Bertz CT molecular complexity index is 467. The molecule has 0 unspecified atom stereocenters. The van der Waals surface area contributed by atoms with Gasteiger partial charge in [-0.3, -0.25) is 4.79 Å². The van der Waals surface area contributed by atoms with Gasteiger partial charge in [-0.05, 0) is 55.9 Å². The van der Waals surface area contributed by atoms with Crippen molar-refractivity contribution in [3.05, 3.63) is 35.4 Å². The van der Waals surface area contributed by atoms with Crippen LogP contribution in [0.25, 0.3) is 0 Å². The standard InChI is InChI=1S/C19H29NO/c1-19(2,3)17-10-7-9-16(15-17)18(21)11-8-14-20-12-5-4-6-13-20/h7,9-10,15H,4-6,8,11-14H2,1-3H3. The molecule has 0 radical (unpaired) electrons. The summed E-state index contributed by atoms with van der Waals surface area (Å²) in [7, 11) is 0. The number of rotatable bonds is 5. The Balaban J connectivity index is 1.85. The van der Waals surface area contributed by atoms with Crippen molar-refractivity contribution >= 4 is 5.78 Å². The second-order valence-corrected chi connectivity index (χ2v) is 7.26. The van der Waals surface area contributed by atoms with E-state index in [2.05, 4.69) is 37.8 Å². The van der Waals surface area contributed by atoms with Crippen LogP contribution in [0.3, 0.4) is 0 Å². The lowest BCUT2D eigenvalue weighted by molar-refractivity contribution is 0.0973. The van der Waals surface area contributed by atoms with Crippen LogP contribution in [0.2, 0.25) is 0 Å². The summed E-state index contributed by atoms with van der Waals surface area (Å²) in [5, 5.41) is 0. The number of piperidine rings is 1. The lowest BCUT2D eigenvalue weighted by Gasteiger charge is -2.26. The average molecular weight is 287 g/mol. The largest absolute Gasteiger partial charge is 0.303 e. The fraction of sp³-hybridized carbons (Fsp3) is 0.632. The Kier molecular flexibility index (Phi) is 5.58. The third-order valence-corrected chi connectivity index (χ3v) is 4.38. The van der Waals surface area contributed by atoms with Gasteiger partial charge < -0.3 is 4.90 Å². The van der Waals surface area contributed by atoms with Crippen LogP contribution in [0.1, 0.15) is 68.8 Å². The van der Waals surface area contributed by atoms with Gasteiger partial charge in [0, 0.05) is 12.0 Å². The zero-order chi connectivity index (χ0) is 15.3. The molecule has 0 atom stereocenters. The minimum absolute atomic E-state index is 0.101. The predicted octanol–water partition coefficient (Wildman–Crippen LogP) is 4.43. The molecule has 1 heterocycles. The molecule has 0 spiro atoms. The SMILES string of the molecule is CC(C)(C)c1cccc(C(=O)CCCN2CCCCC2)c1. The van der Waals surface area contributed by atoms with E-state index in [9.17, 15) is 4.79 Å². The van der Waals surface area contributed by atoms with Gasteiger partial charge in [0.1, 0.15) is 0 Å². The zero-order valence-corrected chi connectivity index (χ0v) is 13.8. The van der Waals surface area contributed by atoms with Gasteiger partial charge in [-0.1, -0.05) is 45.4 Å². The van der Waals surface area contributed by atoms with E-state index in [1.165, 1.54) is 37.9 Å². The quantitative estimate of drug-likeness (QED) is 0.747. The summed E-state index contributed by atoms with van der Waals surface area (Å²) in [5.41, 5.74) is 2.22. The van der Waals surface area contributed by atoms with Gasteiger partial charge in [0.25, 0.3) is 0 Å². The van der Waals surface area contributed by atoms with Crippen LogP contribution in [-0.4, -0.2) is 30.3 Å². The molecule has 1 fully saturated rings. The molecular weight excluding hydrogens is 258 g/mol. The fourth-order valence-corrected chi connectivity index (χ4v) is 2.95. The molecule has 0 amide bonds. The number of hydrogen-bond donors (Lipinski definition) is 0. The van der Waals surface area contributed by atoms with E-state index in [0.29, 0.717) is 6.42 Å². The Morgan fingerprint density at radius 1 is 1.14 bits per heavy atom. The Hall–Kier alpha value is -1.15. The highest BCUT2D eigenvalue weighted by atomic mass is 16.1. The first kappa shape index (κ1) is 16.2. The molecule has 2 heteroatoms. The van der Waals surface area contributed by atoms with Crippen LogP contribution in [0.15, 0.2) is 24.3 Å². The molecule has 1 saturated heterocycles. The van der Waals surface area contributed by atoms with Crippen LogP contribution >= 0.6 is 0 Å². The molecule has 0 aromatic heterocycles. The zero-order valence-electron chi connectivity index (χ0n) is 13.8. The van der Waals surface area contributed by atoms with Crippen molar-refractivity contribution in [1.29, 1.82) is 0 Å². The molecule has 1 aromatic carbocycles. The van der Waals surface area contributed by atoms with Crippen molar-refractivity contribution in [2.75, 3.05) is 19.6 Å². The van der Waals surface area contributed by atoms with Gasteiger partial charge in [0.05, 0.1) is 0 Å². The molecule has 1 aliphatic rings. The normalized spacial score (nSPS) is 16.9. The van der Waals surface area contributed by atoms with Gasteiger partial charge >= 0.3 is 0 Å². The molecule has 116 valence electrons. The van der Waals surface area contributed by atoms with Crippen molar-refractivity contribution in [1.82, 2.24) is 4.90 Å². The summed E-state index contributed by atoms with van der Waals surface area (Å²) < 4.78 is 0. The van der Waals surface area contributed by atoms with Crippen LogP contribution < -0.4 is 0 Å². The number of benzene rings is 1. The van der Waals surface area contributed by atoms with Crippen molar-refractivity contribution in [3.8, 4) is 0 Å². The first-order valence-corrected chi connectivity index (χ1v) is 8.33. The number of ketones is 1. The Morgan fingerprint density at radius 3 is 2.52 bits per heavy atom. The number of carbonyl (C=O) groups is 1. The maximum Gasteiger partial charge on any atom is 0.162 e. The summed E-state index contributed by atoms with van der Waals surface area (Å²) >= 11 is 0. The summed E-state index contributed by atoms with van der Waals surface area (Å²) in [6, 6.07) is 8.16.